The second kappa shape index (κ2) is 6.35. The molecule has 0 saturated carbocycles. The summed E-state index contributed by atoms with van der Waals surface area (Å²) in [5, 5.41) is 0. The van der Waals surface area contributed by atoms with Crippen LogP contribution in [-0.4, -0.2) is 37.9 Å². The molecule has 0 amide bonds. The molecule has 3 nitrogen and oxygen atoms in total. The van der Waals surface area contributed by atoms with Crippen molar-refractivity contribution in [1.29, 1.82) is 0 Å². The second-order valence-electron chi connectivity index (χ2n) is 4.05. The first-order valence-corrected chi connectivity index (χ1v) is 5.65. The van der Waals surface area contributed by atoms with Crippen LogP contribution < -0.4 is 4.74 Å². The Morgan fingerprint density at radius 3 is 2.65 bits per heavy atom. The van der Waals surface area contributed by atoms with Crippen LogP contribution in [0.5, 0.6) is 5.75 Å². The first-order chi connectivity index (χ1) is 8.04. The number of Topliss-reactive ketones (excluding diaryl/α,β-unsaturated/α-hetero) is 1. The van der Waals surface area contributed by atoms with Crippen LogP contribution >= 0.6 is 0 Å². The van der Waals surface area contributed by atoms with Crippen molar-refractivity contribution in [3.63, 3.8) is 0 Å². The van der Waals surface area contributed by atoms with E-state index in [-0.39, 0.29) is 11.3 Å². The number of rotatable bonds is 6. The van der Waals surface area contributed by atoms with Gasteiger partial charge in [-0.05, 0) is 33.2 Å². The minimum Gasteiger partial charge on any atom is -0.494 e. The van der Waals surface area contributed by atoms with Gasteiger partial charge in [-0.1, -0.05) is 0 Å². The molecule has 0 aliphatic carbocycles. The third kappa shape index (κ3) is 4.15. The fourth-order valence-corrected chi connectivity index (χ4v) is 1.44. The predicted octanol–water partition coefficient (Wildman–Crippen LogP) is 2.36. The molecule has 4 heteroatoms. The zero-order valence-corrected chi connectivity index (χ0v) is 10.5. The molecule has 94 valence electrons. The SMILES string of the molecule is CCOc1ccc(C(=O)CCN(C)C)c(F)c1. The number of ether oxygens (including phenoxy) is 1. The van der Waals surface area contributed by atoms with Crippen LogP contribution in [0.25, 0.3) is 0 Å². The summed E-state index contributed by atoms with van der Waals surface area (Å²) in [6.07, 6.45) is 0.317. The van der Waals surface area contributed by atoms with Gasteiger partial charge in [0, 0.05) is 19.0 Å². The Morgan fingerprint density at radius 2 is 2.12 bits per heavy atom. The fraction of sp³-hybridized carbons (Fsp3) is 0.462. The average Bonchev–Trinajstić information content (AvgIpc) is 2.26. The standard InChI is InChI=1S/C13H18FNO2/c1-4-17-10-5-6-11(12(14)9-10)13(16)7-8-15(2)3/h5-6,9H,4,7-8H2,1-3H3. The first-order valence-electron chi connectivity index (χ1n) is 5.65. The molecule has 1 aromatic carbocycles. The number of nitrogens with zero attached hydrogens (tertiary/aromatic N) is 1. The van der Waals surface area contributed by atoms with E-state index in [4.69, 9.17) is 4.74 Å². The molecule has 0 aromatic heterocycles. The van der Waals surface area contributed by atoms with Gasteiger partial charge in [0.2, 0.25) is 0 Å². The maximum Gasteiger partial charge on any atom is 0.167 e. The Bertz CT molecular complexity index is 391. The van der Waals surface area contributed by atoms with Crippen molar-refractivity contribution in [3.05, 3.63) is 29.6 Å². The zero-order chi connectivity index (χ0) is 12.8. The third-order valence-electron chi connectivity index (χ3n) is 2.34. The van der Waals surface area contributed by atoms with E-state index in [0.29, 0.717) is 25.3 Å². The smallest absolute Gasteiger partial charge is 0.167 e. The minimum absolute atomic E-state index is 0.135. The van der Waals surface area contributed by atoms with Crippen molar-refractivity contribution in [3.8, 4) is 5.75 Å². The van der Waals surface area contributed by atoms with Crippen molar-refractivity contribution >= 4 is 5.78 Å². The molecule has 0 aliphatic rings. The lowest BCUT2D eigenvalue weighted by Crippen LogP contribution is -2.17. The van der Waals surface area contributed by atoms with Crippen LogP contribution in [0.4, 0.5) is 4.39 Å². The number of benzene rings is 1. The molecule has 0 saturated heterocycles. The maximum absolute atomic E-state index is 13.6. The van der Waals surface area contributed by atoms with E-state index in [1.807, 2.05) is 25.9 Å². The molecule has 0 heterocycles. The molecular weight excluding hydrogens is 221 g/mol. The summed E-state index contributed by atoms with van der Waals surface area (Å²) in [6.45, 7) is 2.92. The zero-order valence-electron chi connectivity index (χ0n) is 10.5. The number of hydrogen-bond acceptors (Lipinski definition) is 3. The average molecular weight is 239 g/mol. The van der Waals surface area contributed by atoms with Crippen molar-refractivity contribution in [2.75, 3.05) is 27.2 Å². The molecule has 1 aromatic rings. The van der Waals surface area contributed by atoms with E-state index >= 15 is 0 Å². The minimum atomic E-state index is -0.514. The Morgan fingerprint density at radius 1 is 1.41 bits per heavy atom. The van der Waals surface area contributed by atoms with Crippen LogP contribution in [0.3, 0.4) is 0 Å². The first kappa shape index (κ1) is 13.6. The number of carbonyl (C=O) groups is 1. The molecule has 0 bridgehead atoms. The van der Waals surface area contributed by atoms with Crippen LogP contribution in [0.2, 0.25) is 0 Å². The summed E-state index contributed by atoms with van der Waals surface area (Å²) in [7, 11) is 3.75. The Labute approximate surface area is 101 Å². The second-order valence-corrected chi connectivity index (χ2v) is 4.05. The molecule has 17 heavy (non-hydrogen) atoms. The Balaban J connectivity index is 2.74. The molecule has 0 N–H and O–H groups in total. The van der Waals surface area contributed by atoms with Gasteiger partial charge in [-0.15, -0.1) is 0 Å². The van der Waals surface area contributed by atoms with E-state index < -0.39 is 5.82 Å². The van der Waals surface area contributed by atoms with Gasteiger partial charge in [-0.25, -0.2) is 4.39 Å². The van der Waals surface area contributed by atoms with E-state index in [2.05, 4.69) is 0 Å². The third-order valence-corrected chi connectivity index (χ3v) is 2.34. The topological polar surface area (TPSA) is 29.5 Å². The monoisotopic (exact) mass is 239 g/mol. The predicted molar refractivity (Wildman–Crippen MR) is 65.1 cm³/mol. The van der Waals surface area contributed by atoms with Crippen molar-refractivity contribution in [2.45, 2.75) is 13.3 Å². The number of hydrogen-bond donors (Lipinski definition) is 0. The summed E-state index contributed by atoms with van der Waals surface area (Å²) < 4.78 is 18.8. The van der Waals surface area contributed by atoms with Gasteiger partial charge in [0.15, 0.2) is 5.78 Å². The van der Waals surface area contributed by atoms with Gasteiger partial charge in [-0.3, -0.25) is 4.79 Å². The fourth-order valence-electron chi connectivity index (χ4n) is 1.44. The van der Waals surface area contributed by atoms with E-state index in [9.17, 15) is 9.18 Å². The Hall–Kier alpha value is -1.42. The van der Waals surface area contributed by atoms with Crippen molar-refractivity contribution in [1.82, 2.24) is 4.90 Å². The Kier molecular flexibility index (Phi) is 5.10. The summed E-state index contributed by atoms with van der Waals surface area (Å²) in [5.41, 5.74) is 0.135. The van der Waals surface area contributed by atoms with Gasteiger partial charge >= 0.3 is 0 Å². The molecular formula is C13H18FNO2. The van der Waals surface area contributed by atoms with E-state index in [0.717, 1.165) is 0 Å². The van der Waals surface area contributed by atoms with Crippen LogP contribution in [0.15, 0.2) is 18.2 Å². The van der Waals surface area contributed by atoms with Crippen LogP contribution in [0.1, 0.15) is 23.7 Å². The van der Waals surface area contributed by atoms with Gasteiger partial charge < -0.3 is 9.64 Å². The highest BCUT2D eigenvalue weighted by molar-refractivity contribution is 5.96. The van der Waals surface area contributed by atoms with Crippen molar-refractivity contribution < 1.29 is 13.9 Å². The summed E-state index contributed by atoms with van der Waals surface area (Å²) in [5.74, 6) is -0.242. The summed E-state index contributed by atoms with van der Waals surface area (Å²) >= 11 is 0. The van der Waals surface area contributed by atoms with Gasteiger partial charge in [0.25, 0.3) is 0 Å². The lowest BCUT2D eigenvalue weighted by atomic mass is 10.1. The quantitative estimate of drug-likeness (QED) is 0.714. The van der Waals surface area contributed by atoms with Crippen molar-refractivity contribution in [2.24, 2.45) is 0 Å². The number of halogens is 1. The highest BCUT2D eigenvalue weighted by Gasteiger charge is 2.12. The van der Waals surface area contributed by atoms with E-state index in [1.165, 1.54) is 12.1 Å². The number of ketones is 1. The molecule has 0 spiro atoms. The highest BCUT2D eigenvalue weighted by atomic mass is 19.1. The maximum atomic E-state index is 13.6. The normalized spacial score (nSPS) is 10.6. The van der Waals surface area contributed by atoms with Gasteiger partial charge in [0.05, 0.1) is 12.2 Å². The van der Waals surface area contributed by atoms with Crippen LogP contribution in [0, 0.1) is 5.82 Å². The summed E-state index contributed by atoms with van der Waals surface area (Å²) in [6, 6.07) is 4.36. The molecule has 1 rings (SSSR count). The van der Waals surface area contributed by atoms with Gasteiger partial charge in [-0.2, -0.15) is 0 Å². The lowest BCUT2D eigenvalue weighted by molar-refractivity contribution is 0.0968. The molecule has 0 aliphatic heterocycles. The summed E-state index contributed by atoms with van der Waals surface area (Å²) in [4.78, 5) is 13.6. The van der Waals surface area contributed by atoms with Gasteiger partial charge in [0.1, 0.15) is 11.6 Å². The van der Waals surface area contributed by atoms with Crippen LogP contribution in [-0.2, 0) is 0 Å². The lowest BCUT2D eigenvalue weighted by Gasteiger charge is -2.09. The molecule has 0 atom stereocenters. The highest BCUT2D eigenvalue weighted by Crippen LogP contribution is 2.18. The largest absolute Gasteiger partial charge is 0.494 e. The number of carbonyl (C=O) groups excluding carboxylic acids is 1. The molecule has 0 unspecified atom stereocenters. The molecule has 0 radical (unpaired) electrons. The molecule has 0 fully saturated rings. The van der Waals surface area contributed by atoms with E-state index in [1.54, 1.807) is 6.07 Å².